The molecule has 0 radical (unpaired) electrons. The monoisotopic (exact) mass is 1740 g/mol. The summed E-state index contributed by atoms with van der Waals surface area (Å²) in [6.45, 7) is 19.4. The van der Waals surface area contributed by atoms with Crippen molar-refractivity contribution in [3.63, 3.8) is 0 Å². The zero-order valence-corrected chi connectivity index (χ0v) is 71.6. The number of carbonyl (C=O) groups excluding carboxylic acids is 3. The minimum atomic E-state index is -1.39. The lowest BCUT2D eigenvalue weighted by atomic mass is 9.89. The van der Waals surface area contributed by atoms with Crippen LogP contribution >= 0.6 is 0 Å². The van der Waals surface area contributed by atoms with Crippen LogP contribution in [0.1, 0.15) is 72.1 Å². The average molecular weight is 1740 g/mol. The number of methoxy groups -OCH3 is 4. The van der Waals surface area contributed by atoms with E-state index in [1.807, 2.05) is 112 Å². The summed E-state index contributed by atoms with van der Waals surface area (Å²) in [5, 5.41) is 56.0. The van der Waals surface area contributed by atoms with Gasteiger partial charge >= 0.3 is 40.8 Å². The van der Waals surface area contributed by atoms with E-state index in [1.165, 1.54) is 40.6 Å². The number of aliphatic hydroxyl groups excluding tert-OH is 5. The second kappa shape index (κ2) is 38.4. The molecule has 11 aromatic rings. The zero-order chi connectivity index (χ0) is 91.3. The molecule has 34 heteroatoms. The Labute approximate surface area is 720 Å². The molecule has 4 aliphatic rings. The Hall–Kier alpha value is -12.1. The van der Waals surface area contributed by atoms with Gasteiger partial charge in [-0.05, 0) is 164 Å². The number of carbonyl (C=O) groups is 3. The summed E-state index contributed by atoms with van der Waals surface area (Å²) in [4.78, 5) is 83.7. The van der Waals surface area contributed by atoms with E-state index in [0.29, 0.717) is 55.9 Å². The van der Waals surface area contributed by atoms with Crippen LogP contribution in [0.5, 0.6) is 23.0 Å². The fraction of sp³-hybridized carbons (Fsp3) is 0.380. The summed E-state index contributed by atoms with van der Waals surface area (Å²) in [6.07, 6.45) is -21.0. The van der Waals surface area contributed by atoms with Crippen molar-refractivity contribution in [3.05, 3.63) is 234 Å². The van der Waals surface area contributed by atoms with Crippen molar-refractivity contribution >= 4 is 62.2 Å². The van der Waals surface area contributed by atoms with Gasteiger partial charge < -0.3 is 131 Å². The topological polar surface area (TPSA) is 490 Å². The largest absolute Gasteiger partial charge is 0.462 e. The van der Waals surface area contributed by atoms with Crippen LogP contribution in [-0.4, -0.2) is 193 Å². The van der Waals surface area contributed by atoms with Crippen LogP contribution < -0.4 is 58.7 Å². The third-order valence-corrected chi connectivity index (χ3v) is 22.1. The maximum Gasteiger partial charge on any atom is 0.405 e. The molecule has 4 unspecified atom stereocenters. The third-order valence-electron chi connectivity index (χ3n) is 22.1. The summed E-state index contributed by atoms with van der Waals surface area (Å²) in [7, 11) is 5.69. The zero-order valence-electron chi connectivity index (χ0n) is 71.6. The maximum atomic E-state index is 12.8. The molecular weight excluding hydrogens is 1640 g/mol. The molecule has 3 amide bonds. The second-order valence-corrected chi connectivity index (χ2v) is 32.3. The van der Waals surface area contributed by atoms with Crippen LogP contribution in [0.3, 0.4) is 0 Å². The molecule has 11 N–H and O–H groups in total. The van der Waals surface area contributed by atoms with E-state index < -0.39 is 162 Å². The van der Waals surface area contributed by atoms with Crippen molar-refractivity contribution in [2.24, 2.45) is 17.2 Å². The molecule has 7 aromatic carbocycles. The molecule has 4 aromatic heterocycles. The van der Waals surface area contributed by atoms with Crippen molar-refractivity contribution < 1.29 is 129 Å². The summed E-state index contributed by atoms with van der Waals surface area (Å²) in [6, 6.07) is 50.8. The van der Waals surface area contributed by atoms with E-state index in [1.54, 1.807) is 128 Å². The van der Waals surface area contributed by atoms with Crippen LogP contribution in [-0.2, 0) is 52.1 Å². The number of fused-ring (bicyclic) bond motifs is 4. The summed E-state index contributed by atoms with van der Waals surface area (Å²) < 4.78 is 105. The predicted molar refractivity (Wildman–Crippen MR) is 455 cm³/mol. The minimum Gasteiger partial charge on any atom is -0.462 e. The van der Waals surface area contributed by atoms with E-state index >= 15 is 0 Å². The third kappa shape index (κ3) is 20.2. The van der Waals surface area contributed by atoms with Crippen molar-refractivity contribution in [1.82, 2.24) is 0 Å². The van der Waals surface area contributed by atoms with Gasteiger partial charge in [-0.25, -0.2) is 33.6 Å². The Morgan fingerprint density at radius 2 is 0.611 bits per heavy atom. The smallest absolute Gasteiger partial charge is 0.405 e. The van der Waals surface area contributed by atoms with Crippen molar-refractivity contribution in [2.75, 3.05) is 28.4 Å². The second-order valence-electron chi connectivity index (χ2n) is 32.3. The molecule has 670 valence electrons. The average Bonchev–Trinajstić information content (AvgIpc) is 0.769. The van der Waals surface area contributed by atoms with Gasteiger partial charge in [0.2, 0.25) is 25.2 Å². The number of primary amides is 3. The minimum absolute atomic E-state index is 0.282. The number of amides is 3. The normalized spacial score (nSPS) is 25.1. The first-order valence-electron chi connectivity index (χ1n) is 39.9. The van der Waals surface area contributed by atoms with Crippen LogP contribution in [0.15, 0.2) is 213 Å². The highest BCUT2D eigenvalue weighted by atomic mass is 16.8. The van der Waals surface area contributed by atoms with Crippen molar-refractivity contribution in [1.29, 1.82) is 0 Å². The molecule has 4 aliphatic heterocycles. The first-order chi connectivity index (χ1) is 59.7. The maximum absolute atomic E-state index is 12.8. The van der Waals surface area contributed by atoms with Gasteiger partial charge in [0.1, 0.15) is 94.2 Å². The van der Waals surface area contributed by atoms with Gasteiger partial charge in [0.05, 0.1) is 39.1 Å². The highest BCUT2D eigenvalue weighted by Crippen LogP contribution is 2.42. The lowest BCUT2D eigenvalue weighted by Gasteiger charge is -2.47. The Balaban J connectivity index is 0.000000153. The van der Waals surface area contributed by atoms with Crippen LogP contribution in [0.25, 0.3) is 77.3 Å². The lowest BCUT2D eigenvalue weighted by molar-refractivity contribution is -0.306. The first-order valence-corrected chi connectivity index (χ1v) is 39.9. The molecule has 15 rings (SSSR count). The molecule has 126 heavy (non-hydrogen) atoms. The lowest BCUT2D eigenvalue weighted by Crippen LogP contribution is -2.65. The molecule has 0 aliphatic carbocycles. The number of hydrogen-bond donors (Lipinski definition) is 8. The van der Waals surface area contributed by atoms with Gasteiger partial charge in [-0.2, -0.15) is 0 Å². The van der Waals surface area contributed by atoms with Gasteiger partial charge in [0, 0.05) is 80.3 Å². The van der Waals surface area contributed by atoms with E-state index in [-0.39, 0.29) is 11.5 Å². The predicted octanol–water partition coefficient (Wildman–Crippen LogP) is 10.4. The molecule has 0 spiro atoms. The molecular formula is C92H101N3O31. The van der Waals surface area contributed by atoms with Gasteiger partial charge in [-0.1, -0.05) is 91.0 Å². The SMILES string of the molecule is CO[C@@H]1[C@H](O)[C@H](O)C(Oc2ccc3c(C)c(-c4ccccc4)c(=O)oc3c2)OC1(C)C.CO[C@@H]1[C@H](O)[C@H](OC(N)=O)C(Oc2ccc3c(C)c(-c4ccccc4)c(=O)oc3c2)OC1(C)C.CO[C@@H]1[C@H](O)[C@H](OC(N)=O)C(Oc2ccc3ccc(=O)oc3c2)OC1(C)C.CO[C@@H]1[C@H](OC(N)=O)[C@H](O)C(Oc2ccc3c(C)c(-c4ccccc4)c(=O)oc3c2)OC1(C)C. The summed E-state index contributed by atoms with van der Waals surface area (Å²) in [5.74, 6) is 1.20. The van der Waals surface area contributed by atoms with E-state index in [2.05, 4.69) is 0 Å². The van der Waals surface area contributed by atoms with Gasteiger partial charge in [-0.15, -0.1) is 0 Å². The fourth-order valence-electron chi connectivity index (χ4n) is 16.2. The molecule has 4 fully saturated rings. The number of nitrogens with two attached hydrogens (primary N) is 3. The Kier molecular flexibility index (Phi) is 28.3. The summed E-state index contributed by atoms with van der Waals surface area (Å²) >= 11 is 0. The van der Waals surface area contributed by atoms with E-state index in [0.717, 1.165) is 49.5 Å². The van der Waals surface area contributed by atoms with E-state index in [4.69, 9.17) is 106 Å². The molecule has 0 saturated carbocycles. The van der Waals surface area contributed by atoms with Gasteiger partial charge in [0.25, 0.3) is 0 Å². The van der Waals surface area contributed by atoms with Gasteiger partial charge in [-0.3, -0.25) is 0 Å². The highest BCUT2D eigenvalue weighted by molar-refractivity contribution is 5.90. The van der Waals surface area contributed by atoms with Crippen molar-refractivity contribution in [3.8, 4) is 56.4 Å². The Morgan fingerprint density at radius 1 is 0.325 bits per heavy atom. The van der Waals surface area contributed by atoms with Crippen molar-refractivity contribution in [2.45, 2.75) is 197 Å². The summed E-state index contributed by atoms with van der Waals surface area (Å²) in [5.41, 5.74) is 17.3. The molecule has 4 saturated heterocycles. The van der Waals surface area contributed by atoms with Crippen LogP contribution in [0, 0.1) is 20.8 Å². The molecule has 34 nitrogen and oxygen atoms in total. The Morgan fingerprint density at radius 3 is 0.952 bits per heavy atom. The number of aliphatic hydroxyl groups is 5. The standard InChI is InChI=1S/2C25H27NO8.C24H26O7.C18H21NO8/c1-13-16-11-10-15(12-17(16)32-22(28)18(13)14-8-6-5-7-9-14)31-23-19(27)20(33-24(26)29)21(30-4)25(2,3)34-23;1-13-16-11-10-15(12-17(16)32-22(28)18(13)14-8-6-5-7-9-14)31-23-20(33-24(26)29)19(27)21(30-4)25(2,3)34-23;1-13-16-11-10-15(29-23-20(26)19(25)21(28-4)24(2,3)31-23)12-17(16)30-22(27)18(13)14-8-6-5-7-9-14;1-18(2)15(23-3)13(21)14(26-17(19)22)16(27-18)24-10-6-4-9-5-7-12(20)25-11(9)8-10/h2*5-12,19-21,23,27H,1-4H3,(H2,26,29);5-12,19-21,23,25-26H,1-4H3;4-8,13-16,21H,1-3H3,(H2,19,22)/t19-,20+,21+,23?;2*19-,20+,21-,23?;13-,14+,15-,16?/m0111/s1. The number of aryl methyl sites for hydroxylation is 3. The van der Waals surface area contributed by atoms with Gasteiger partial charge in [0.15, 0.2) is 24.4 Å². The van der Waals surface area contributed by atoms with Crippen LogP contribution in [0.4, 0.5) is 14.4 Å². The number of benzene rings is 7. The highest BCUT2D eigenvalue weighted by Gasteiger charge is 2.57. The Bertz CT molecular complexity index is 5980. The number of ether oxygens (including phenoxy) is 15. The number of hydrogen-bond acceptors (Lipinski definition) is 31. The first kappa shape index (κ1) is 93.0. The number of rotatable bonds is 18. The molecule has 8 heterocycles. The fourth-order valence-corrected chi connectivity index (χ4v) is 16.2. The molecule has 16 atom stereocenters. The van der Waals surface area contributed by atoms with E-state index in [9.17, 15) is 59.1 Å². The molecule has 0 bridgehead atoms. The quantitative estimate of drug-likeness (QED) is 0.0292. The van der Waals surface area contributed by atoms with Crippen LogP contribution in [0.2, 0.25) is 0 Å².